The monoisotopic (exact) mass is 272 g/mol. The van der Waals surface area contributed by atoms with Gasteiger partial charge in [0.15, 0.2) is 11.5 Å². The van der Waals surface area contributed by atoms with E-state index < -0.39 is 13.3 Å². The number of Topliss-reactive ketones (excluding diaryl/α,β-unsaturated/α-hetero) is 1. The highest BCUT2D eigenvalue weighted by Crippen LogP contribution is 2.32. The number of para-hydroxylation sites is 1. The maximum absolute atomic E-state index is 12.2. The number of carbonyl (C=O) groups excluding carboxylic acids is 1. The molecule has 1 aromatic rings. The zero-order chi connectivity index (χ0) is 14.1. The standard InChI is InChI=1S/C14H18F2O3/c1-11(17)5-6-12-3-2-4-13(18-9-7-15)14(12)19-10-8-16/h2-4H,5-10H2,1H3. The fourth-order valence-electron chi connectivity index (χ4n) is 1.64. The molecule has 0 fully saturated rings. The van der Waals surface area contributed by atoms with Gasteiger partial charge in [-0.05, 0) is 25.0 Å². The number of hydrogen-bond acceptors (Lipinski definition) is 3. The van der Waals surface area contributed by atoms with Gasteiger partial charge in [0.05, 0.1) is 0 Å². The molecule has 1 rings (SSSR count). The van der Waals surface area contributed by atoms with Crippen LogP contribution in [0.2, 0.25) is 0 Å². The van der Waals surface area contributed by atoms with Gasteiger partial charge >= 0.3 is 0 Å². The maximum Gasteiger partial charge on any atom is 0.164 e. The van der Waals surface area contributed by atoms with Crippen molar-refractivity contribution < 1.29 is 23.0 Å². The first-order chi connectivity index (χ1) is 9.19. The molecule has 5 heteroatoms. The van der Waals surface area contributed by atoms with Gasteiger partial charge in [-0.3, -0.25) is 0 Å². The van der Waals surface area contributed by atoms with Gasteiger partial charge in [-0.2, -0.15) is 0 Å². The van der Waals surface area contributed by atoms with Crippen LogP contribution in [0.1, 0.15) is 18.9 Å². The number of ether oxygens (including phenoxy) is 2. The van der Waals surface area contributed by atoms with Gasteiger partial charge in [-0.25, -0.2) is 8.78 Å². The number of alkyl halides is 2. The van der Waals surface area contributed by atoms with Crippen LogP contribution in [0, 0.1) is 0 Å². The van der Waals surface area contributed by atoms with Crippen molar-refractivity contribution in [1.29, 1.82) is 0 Å². The highest BCUT2D eigenvalue weighted by Gasteiger charge is 2.12. The number of carbonyl (C=O) groups is 1. The normalized spacial score (nSPS) is 10.3. The summed E-state index contributed by atoms with van der Waals surface area (Å²) in [5.41, 5.74) is 0.764. The van der Waals surface area contributed by atoms with Crippen LogP contribution in [0.4, 0.5) is 8.78 Å². The van der Waals surface area contributed by atoms with Crippen LogP contribution in [0.15, 0.2) is 18.2 Å². The third kappa shape index (κ3) is 5.24. The number of hydrogen-bond donors (Lipinski definition) is 0. The molecule has 0 N–H and O–H groups in total. The van der Waals surface area contributed by atoms with Crippen molar-refractivity contribution in [3.63, 3.8) is 0 Å². The van der Waals surface area contributed by atoms with Gasteiger partial charge < -0.3 is 14.3 Å². The van der Waals surface area contributed by atoms with E-state index in [0.717, 1.165) is 5.56 Å². The Kier molecular flexibility index (Phi) is 6.85. The summed E-state index contributed by atoms with van der Waals surface area (Å²) in [6, 6.07) is 5.17. The first kappa shape index (κ1) is 15.4. The van der Waals surface area contributed by atoms with Crippen LogP contribution in [0.3, 0.4) is 0 Å². The van der Waals surface area contributed by atoms with Gasteiger partial charge in [0.2, 0.25) is 0 Å². The molecule has 0 aliphatic rings. The molecule has 19 heavy (non-hydrogen) atoms. The lowest BCUT2D eigenvalue weighted by atomic mass is 10.1. The molecule has 0 aliphatic heterocycles. The van der Waals surface area contributed by atoms with E-state index in [9.17, 15) is 13.6 Å². The number of benzene rings is 1. The summed E-state index contributed by atoms with van der Waals surface area (Å²) in [4.78, 5) is 11.0. The maximum atomic E-state index is 12.2. The van der Waals surface area contributed by atoms with E-state index >= 15 is 0 Å². The predicted molar refractivity (Wildman–Crippen MR) is 68.4 cm³/mol. The van der Waals surface area contributed by atoms with Crippen LogP contribution in [0.25, 0.3) is 0 Å². The molecule has 0 bridgehead atoms. The average molecular weight is 272 g/mol. The van der Waals surface area contributed by atoms with Gasteiger partial charge in [-0.15, -0.1) is 0 Å². The summed E-state index contributed by atoms with van der Waals surface area (Å²) in [5.74, 6) is 0.841. The summed E-state index contributed by atoms with van der Waals surface area (Å²) >= 11 is 0. The van der Waals surface area contributed by atoms with Crippen LogP contribution in [-0.2, 0) is 11.2 Å². The Morgan fingerprint density at radius 3 is 2.47 bits per heavy atom. The zero-order valence-corrected chi connectivity index (χ0v) is 11.0. The molecule has 0 amide bonds. The second kappa shape index (κ2) is 8.45. The average Bonchev–Trinajstić information content (AvgIpc) is 2.41. The Morgan fingerprint density at radius 1 is 1.16 bits per heavy atom. The molecule has 0 spiro atoms. The number of ketones is 1. The topological polar surface area (TPSA) is 35.5 Å². The summed E-state index contributed by atoms with van der Waals surface area (Å²) in [6.45, 7) is 0.0978. The van der Waals surface area contributed by atoms with E-state index in [-0.39, 0.29) is 19.0 Å². The minimum Gasteiger partial charge on any atom is -0.487 e. The van der Waals surface area contributed by atoms with Crippen molar-refractivity contribution in [2.45, 2.75) is 19.8 Å². The summed E-state index contributed by atoms with van der Waals surface area (Å²) in [5, 5.41) is 0. The van der Waals surface area contributed by atoms with E-state index in [2.05, 4.69) is 0 Å². The molecular weight excluding hydrogens is 254 g/mol. The molecule has 0 heterocycles. The van der Waals surface area contributed by atoms with Crippen molar-refractivity contribution >= 4 is 5.78 Å². The first-order valence-electron chi connectivity index (χ1n) is 6.18. The molecule has 0 unspecified atom stereocenters. The third-order valence-electron chi connectivity index (χ3n) is 2.47. The minimum absolute atomic E-state index is 0.0616. The van der Waals surface area contributed by atoms with Crippen LogP contribution in [-0.4, -0.2) is 32.3 Å². The van der Waals surface area contributed by atoms with Crippen molar-refractivity contribution in [2.24, 2.45) is 0 Å². The second-order valence-electron chi connectivity index (χ2n) is 4.02. The van der Waals surface area contributed by atoms with E-state index in [1.807, 2.05) is 0 Å². The molecule has 3 nitrogen and oxygen atoms in total. The molecule has 0 saturated heterocycles. The van der Waals surface area contributed by atoms with Crippen LogP contribution < -0.4 is 9.47 Å². The fourth-order valence-corrected chi connectivity index (χ4v) is 1.64. The summed E-state index contributed by atoms with van der Waals surface area (Å²) in [6.07, 6.45) is 0.863. The number of aryl methyl sites for hydroxylation is 1. The molecular formula is C14H18F2O3. The Hall–Kier alpha value is -1.65. The highest BCUT2D eigenvalue weighted by molar-refractivity contribution is 5.75. The molecule has 0 atom stereocenters. The SMILES string of the molecule is CC(=O)CCc1cccc(OCCF)c1OCCF. The number of rotatable bonds is 9. The largest absolute Gasteiger partial charge is 0.487 e. The van der Waals surface area contributed by atoms with Crippen molar-refractivity contribution in [2.75, 3.05) is 26.6 Å². The van der Waals surface area contributed by atoms with Crippen LogP contribution >= 0.6 is 0 Å². The summed E-state index contributed by atoms with van der Waals surface area (Å²) < 4.78 is 34.9. The van der Waals surface area contributed by atoms with Gasteiger partial charge in [0, 0.05) is 6.42 Å². The van der Waals surface area contributed by atoms with Crippen molar-refractivity contribution in [3.05, 3.63) is 23.8 Å². The van der Waals surface area contributed by atoms with Crippen molar-refractivity contribution in [1.82, 2.24) is 0 Å². The van der Waals surface area contributed by atoms with Crippen LogP contribution in [0.5, 0.6) is 11.5 Å². The Balaban J connectivity index is 2.88. The molecule has 0 aromatic heterocycles. The lowest BCUT2D eigenvalue weighted by Crippen LogP contribution is -2.07. The van der Waals surface area contributed by atoms with Gasteiger partial charge in [-0.1, -0.05) is 12.1 Å². The molecule has 1 aromatic carbocycles. The Morgan fingerprint density at radius 2 is 1.84 bits per heavy atom. The molecule has 0 aliphatic carbocycles. The third-order valence-corrected chi connectivity index (χ3v) is 2.47. The van der Waals surface area contributed by atoms with E-state index in [1.165, 1.54) is 6.92 Å². The zero-order valence-electron chi connectivity index (χ0n) is 11.0. The van der Waals surface area contributed by atoms with Crippen molar-refractivity contribution in [3.8, 4) is 11.5 Å². The Labute approximate surface area is 111 Å². The van der Waals surface area contributed by atoms with E-state index in [1.54, 1.807) is 18.2 Å². The van der Waals surface area contributed by atoms with Gasteiger partial charge in [0.1, 0.15) is 32.3 Å². The lowest BCUT2D eigenvalue weighted by Gasteiger charge is -2.15. The predicted octanol–water partition coefficient (Wildman–Crippen LogP) is 2.90. The molecule has 0 saturated carbocycles. The van der Waals surface area contributed by atoms with E-state index in [0.29, 0.717) is 24.3 Å². The number of halogens is 2. The minimum atomic E-state index is -0.621. The fraction of sp³-hybridized carbons (Fsp3) is 0.500. The second-order valence-corrected chi connectivity index (χ2v) is 4.02. The molecule has 0 radical (unpaired) electrons. The Bertz CT molecular complexity index is 408. The van der Waals surface area contributed by atoms with E-state index in [4.69, 9.17) is 9.47 Å². The smallest absolute Gasteiger partial charge is 0.164 e. The first-order valence-corrected chi connectivity index (χ1v) is 6.18. The lowest BCUT2D eigenvalue weighted by molar-refractivity contribution is -0.116. The highest BCUT2D eigenvalue weighted by atomic mass is 19.1. The molecule has 106 valence electrons. The summed E-state index contributed by atoms with van der Waals surface area (Å²) in [7, 11) is 0. The quantitative estimate of drug-likeness (QED) is 0.693. The van der Waals surface area contributed by atoms with Gasteiger partial charge in [0.25, 0.3) is 0 Å².